The predicted molar refractivity (Wildman–Crippen MR) is 84.9 cm³/mol. The van der Waals surface area contributed by atoms with Crippen LogP contribution >= 0.6 is 0 Å². The molecule has 23 heavy (non-hydrogen) atoms. The van der Waals surface area contributed by atoms with Gasteiger partial charge in [-0.25, -0.2) is 8.42 Å². The number of anilines is 1. The molecule has 0 radical (unpaired) electrons. The molecule has 0 bridgehead atoms. The van der Waals surface area contributed by atoms with E-state index in [4.69, 9.17) is 10.5 Å². The summed E-state index contributed by atoms with van der Waals surface area (Å²) in [5.41, 5.74) is 5.50. The van der Waals surface area contributed by atoms with Crippen LogP contribution in [0.4, 0.5) is 11.4 Å². The highest BCUT2D eigenvalue weighted by atomic mass is 32.2. The van der Waals surface area contributed by atoms with Gasteiger partial charge < -0.3 is 10.5 Å². The molecule has 0 amide bonds. The number of nitro groups is 1. The van der Waals surface area contributed by atoms with Gasteiger partial charge in [-0.2, -0.15) is 0 Å². The first kappa shape index (κ1) is 16.7. The van der Waals surface area contributed by atoms with Crippen LogP contribution in [0.15, 0.2) is 53.4 Å². The Hall–Kier alpha value is -2.65. The molecule has 0 saturated carbocycles. The van der Waals surface area contributed by atoms with E-state index in [0.29, 0.717) is 24.6 Å². The predicted octanol–water partition coefficient (Wildman–Crippen LogP) is 1.73. The molecule has 8 nitrogen and oxygen atoms in total. The van der Waals surface area contributed by atoms with Crippen molar-refractivity contribution in [3.63, 3.8) is 0 Å². The molecule has 0 aliphatic rings. The van der Waals surface area contributed by atoms with E-state index in [1.54, 1.807) is 24.3 Å². The number of nitro benzene ring substituents is 1. The number of nitrogens with two attached hydrogens (primary N) is 1. The zero-order chi connectivity index (χ0) is 16.9. The van der Waals surface area contributed by atoms with Crippen LogP contribution in [-0.4, -0.2) is 26.5 Å². The highest BCUT2D eigenvalue weighted by Crippen LogP contribution is 2.21. The lowest BCUT2D eigenvalue weighted by Crippen LogP contribution is -2.13. The highest BCUT2D eigenvalue weighted by molar-refractivity contribution is 7.92. The minimum absolute atomic E-state index is 0.0634. The number of benzene rings is 2. The zero-order valence-corrected chi connectivity index (χ0v) is 12.8. The fraction of sp³-hybridized carbons (Fsp3) is 0.143. The van der Waals surface area contributed by atoms with Crippen LogP contribution in [0.25, 0.3) is 0 Å². The van der Waals surface area contributed by atoms with Gasteiger partial charge in [0.15, 0.2) is 0 Å². The van der Waals surface area contributed by atoms with E-state index in [9.17, 15) is 18.5 Å². The molecule has 0 atom stereocenters. The lowest BCUT2D eigenvalue weighted by atomic mass is 10.3. The monoisotopic (exact) mass is 337 g/mol. The van der Waals surface area contributed by atoms with Crippen molar-refractivity contribution in [2.24, 2.45) is 5.73 Å². The minimum atomic E-state index is -3.82. The van der Waals surface area contributed by atoms with Crippen molar-refractivity contribution in [2.75, 3.05) is 17.9 Å². The van der Waals surface area contributed by atoms with E-state index in [-0.39, 0.29) is 10.6 Å². The van der Waals surface area contributed by atoms with E-state index in [2.05, 4.69) is 4.72 Å². The highest BCUT2D eigenvalue weighted by Gasteiger charge is 2.16. The molecule has 0 unspecified atom stereocenters. The summed E-state index contributed by atoms with van der Waals surface area (Å²) in [6, 6.07) is 11.0. The molecule has 9 heteroatoms. The normalized spacial score (nSPS) is 11.0. The van der Waals surface area contributed by atoms with Gasteiger partial charge in [-0.05, 0) is 36.4 Å². The van der Waals surface area contributed by atoms with E-state index < -0.39 is 14.9 Å². The van der Waals surface area contributed by atoms with Crippen LogP contribution in [0.2, 0.25) is 0 Å². The second kappa shape index (κ2) is 7.07. The number of ether oxygens (including phenoxy) is 1. The lowest BCUT2D eigenvalue weighted by molar-refractivity contribution is -0.384. The molecular weight excluding hydrogens is 322 g/mol. The third-order valence-electron chi connectivity index (χ3n) is 2.85. The zero-order valence-electron chi connectivity index (χ0n) is 12.0. The first-order valence-corrected chi connectivity index (χ1v) is 8.11. The van der Waals surface area contributed by atoms with Crippen LogP contribution < -0.4 is 15.2 Å². The molecule has 122 valence electrons. The smallest absolute Gasteiger partial charge is 0.269 e. The fourth-order valence-corrected chi connectivity index (χ4v) is 2.82. The Morgan fingerprint density at radius 1 is 1.09 bits per heavy atom. The average Bonchev–Trinajstić information content (AvgIpc) is 2.54. The van der Waals surface area contributed by atoms with Gasteiger partial charge in [-0.3, -0.25) is 14.8 Å². The van der Waals surface area contributed by atoms with Crippen molar-refractivity contribution in [3.05, 3.63) is 58.6 Å². The Kier molecular flexibility index (Phi) is 5.14. The Bertz CT molecular complexity index is 773. The summed E-state index contributed by atoms with van der Waals surface area (Å²) in [5.74, 6) is 0.578. The van der Waals surface area contributed by atoms with Crippen molar-refractivity contribution in [1.82, 2.24) is 0 Å². The Morgan fingerprint density at radius 2 is 1.70 bits per heavy atom. The molecule has 2 aromatic carbocycles. The maximum Gasteiger partial charge on any atom is 0.269 e. The lowest BCUT2D eigenvalue weighted by Gasteiger charge is -2.09. The number of nitrogens with one attached hydrogen (secondary N) is 1. The maximum absolute atomic E-state index is 12.2. The van der Waals surface area contributed by atoms with Gasteiger partial charge in [0.25, 0.3) is 15.7 Å². The largest absolute Gasteiger partial charge is 0.492 e. The number of sulfonamides is 1. The summed E-state index contributed by atoms with van der Waals surface area (Å²) >= 11 is 0. The molecule has 2 aromatic rings. The van der Waals surface area contributed by atoms with Crippen molar-refractivity contribution >= 4 is 21.4 Å². The van der Waals surface area contributed by atoms with E-state index in [1.165, 1.54) is 12.1 Å². The number of hydrogen-bond acceptors (Lipinski definition) is 6. The molecular formula is C14H15N3O5S. The fourth-order valence-electron chi connectivity index (χ4n) is 1.76. The molecule has 2 rings (SSSR count). The molecule has 0 heterocycles. The third-order valence-corrected chi connectivity index (χ3v) is 4.25. The standard InChI is InChI=1S/C14H15N3O5S/c15-9-10-22-13-5-1-11(2-6-13)16-23(20,21)14-7-3-12(4-8-14)17(18)19/h1-8,16H,9-10,15H2. The Morgan fingerprint density at radius 3 is 2.22 bits per heavy atom. The van der Waals surface area contributed by atoms with Gasteiger partial charge in [0.1, 0.15) is 12.4 Å². The molecule has 0 aliphatic carbocycles. The van der Waals surface area contributed by atoms with Crippen molar-refractivity contribution in [2.45, 2.75) is 4.90 Å². The van der Waals surface area contributed by atoms with Crippen molar-refractivity contribution in [1.29, 1.82) is 0 Å². The summed E-state index contributed by atoms with van der Waals surface area (Å²) in [6.45, 7) is 0.752. The van der Waals surface area contributed by atoms with Gasteiger partial charge in [0.2, 0.25) is 0 Å². The summed E-state index contributed by atoms with van der Waals surface area (Å²) in [5, 5.41) is 10.6. The van der Waals surface area contributed by atoms with Gasteiger partial charge >= 0.3 is 0 Å². The molecule has 0 aliphatic heterocycles. The van der Waals surface area contributed by atoms with Crippen LogP contribution in [0.5, 0.6) is 5.75 Å². The summed E-state index contributed by atoms with van der Waals surface area (Å²) < 4.78 is 32.1. The molecule has 0 aromatic heterocycles. The van der Waals surface area contributed by atoms with Crippen LogP contribution in [-0.2, 0) is 10.0 Å². The molecule has 0 saturated heterocycles. The van der Waals surface area contributed by atoms with Gasteiger partial charge in [0.05, 0.1) is 9.82 Å². The minimum Gasteiger partial charge on any atom is -0.492 e. The van der Waals surface area contributed by atoms with Gasteiger partial charge in [-0.1, -0.05) is 0 Å². The second-order valence-corrected chi connectivity index (χ2v) is 6.20. The first-order valence-electron chi connectivity index (χ1n) is 6.62. The number of hydrogen-bond donors (Lipinski definition) is 2. The van der Waals surface area contributed by atoms with Gasteiger partial charge in [0, 0.05) is 24.4 Å². The van der Waals surface area contributed by atoms with Gasteiger partial charge in [-0.15, -0.1) is 0 Å². The molecule has 0 fully saturated rings. The number of rotatable bonds is 7. The number of nitrogens with zero attached hydrogens (tertiary/aromatic N) is 1. The third kappa shape index (κ3) is 4.41. The maximum atomic E-state index is 12.2. The average molecular weight is 337 g/mol. The Balaban J connectivity index is 2.12. The topological polar surface area (TPSA) is 125 Å². The van der Waals surface area contributed by atoms with E-state index in [1.807, 2.05) is 0 Å². The summed E-state index contributed by atoms with van der Waals surface area (Å²) in [6.07, 6.45) is 0. The summed E-state index contributed by atoms with van der Waals surface area (Å²) in [7, 11) is -3.82. The van der Waals surface area contributed by atoms with E-state index >= 15 is 0 Å². The Labute approximate surface area is 133 Å². The quantitative estimate of drug-likeness (QED) is 0.585. The van der Waals surface area contributed by atoms with Crippen LogP contribution in [0.3, 0.4) is 0 Å². The second-order valence-electron chi connectivity index (χ2n) is 4.52. The molecule has 0 spiro atoms. The van der Waals surface area contributed by atoms with E-state index in [0.717, 1.165) is 12.1 Å². The summed E-state index contributed by atoms with van der Waals surface area (Å²) in [4.78, 5) is 9.92. The SMILES string of the molecule is NCCOc1ccc(NS(=O)(=O)c2ccc([N+](=O)[O-])cc2)cc1. The van der Waals surface area contributed by atoms with Crippen LogP contribution in [0.1, 0.15) is 0 Å². The molecule has 3 N–H and O–H groups in total. The number of non-ortho nitro benzene ring substituents is 1. The van der Waals surface area contributed by atoms with Crippen molar-refractivity contribution in [3.8, 4) is 5.75 Å². The first-order chi connectivity index (χ1) is 10.9. The van der Waals surface area contributed by atoms with Crippen LogP contribution in [0, 0.1) is 10.1 Å². The van der Waals surface area contributed by atoms with Crippen molar-refractivity contribution < 1.29 is 18.1 Å².